The van der Waals surface area contributed by atoms with E-state index in [1.54, 1.807) is 21.0 Å². The predicted molar refractivity (Wildman–Crippen MR) is 94.4 cm³/mol. The molecular weight excluding hydrogens is 326 g/mol. The maximum absolute atomic E-state index is 12.5. The molecule has 6 nitrogen and oxygen atoms in total. The fourth-order valence-corrected chi connectivity index (χ4v) is 3.64. The minimum Gasteiger partial charge on any atom is -0.497 e. The SMILES string of the molecule is COc1ccc2nc(NC(=O)c3[nH]c(C)c(C(C)=O)c3C)sc2c1. The quantitative estimate of drug-likeness (QED) is 0.707. The number of hydrogen-bond donors (Lipinski definition) is 2. The number of aromatic nitrogens is 2. The molecule has 0 atom stereocenters. The van der Waals surface area contributed by atoms with Crippen LogP contribution in [0.4, 0.5) is 5.13 Å². The van der Waals surface area contributed by atoms with Crippen molar-refractivity contribution in [3.05, 3.63) is 40.7 Å². The summed E-state index contributed by atoms with van der Waals surface area (Å²) < 4.78 is 6.12. The van der Waals surface area contributed by atoms with Crippen LogP contribution < -0.4 is 10.1 Å². The first-order chi connectivity index (χ1) is 11.4. The van der Waals surface area contributed by atoms with Gasteiger partial charge in [-0.25, -0.2) is 4.98 Å². The van der Waals surface area contributed by atoms with Gasteiger partial charge in [0.2, 0.25) is 0 Å². The van der Waals surface area contributed by atoms with Gasteiger partial charge in [0.25, 0.3) is 5.91 Å². The smallest absolute Gasteiger partial charge is 0.274 e. The van der Waals surface area contributed by atoms with E-state index >= 15 is 0 Å². The van der Waals surface area contributed by atoms with Gasteiger partial charge in [-0.2, -0.15) is 0 Å². The Bertz CT molecular complexity index is 956. The highest BCUT2D eigenvalue weighted by molar-refractivity contribution is 7.22. The Kier molecular flexibility index (Phi) is 4.11. The average molecular weight is 343 g/mol. The minimum absolute atomic E-state index is 0.0626. The van der Waals surface area contributed by atoms with Crippen LogP contribution in [0.1, 0.15) is 39.0 Å². The number of anilines is 1. The van der Waals surface area contributed by atoms with Crippen molar-refractivity contribution in [1.82, 2.24) is 9.97 Å². The molecule has 3 aromatic rings. The molecule has 0 spiro atoms. The van der Waals surface area contributed by atoms with Crippen LogP contribution in [-0.4, -0.2) is 28.8 Å². The van der Waals surface area contributed by atoms with Crippen LogP contribution in [0.2, 0.25) is 0 Å². The van der Waals surface area contributed by atoms with Crippen LogP contribution in [0.3, 0.4) is 0 Å². The molecule has 0 unspecified atom stereocenters. The van der Waals surface area contributed by atoms with E-state index in [1.807, 2.05) is 18.2 Å². The van der Waals surface area contributed by atoms with Gasteiger partial charge in [-0.1, -0.05) is 11.3 Å². The number of H-pyrrole nitrogens is 1. The summed E-state index contributed by atoms with van der Waals surface area (Å²) in [7, 11) is 1.61. The van der Waals surface area contributed by atoms with Gasteiger partial charge in [-0.3, -0.25) is 14.9 Å². The Balaban J connectivity index is 1.90. The van der Waals surface area contributed by atoms with E-state index in [-0.39, 0.29) is 11.7 Å². The molecule has 2 aromatic heterocycles. The van der Waals surface area contributed by atoms with Gasteiger partial charge >= 0.3 is 0 Å². The number of ether oxygens (including phenoxy) is 1. The summed E-state index contributed by atoms with van der Waals surface area (Å²) in [6.45, 7) is 5.04. The molecule has 0 bridgehead atoms. The molecule has 3 rings (SSSR count). The number of nitrogens with zero attached hydrogens (tertiary/aromatic N) is 1. The lowest BCUT2D eigenvalue weighted by Gasteiger charge is -2.01. The molecule has 124 valence electrons. The zero-order valence-corrected chi connectivity index (χ0v) is 14.6. The second-order valence-corrected chi connectivity index (χ2v) is 6.52. The van der Waals surface area contributed by atoms with Gasteiger partial charge < -0.3 is 9.72 Å². The molecule has 1 amide bonds. The molecule has 0 saturated heterocycles. The fraction of sp³-hybridized carbons (Fsp3) is 0.235. The van der Waals surface area contributed by atoms with Crippen LogP contribution in [-0.2, 0) is 0 Å². The van der Waals surface area contributed by atoms with E-state index in [1.165, 1.54) is 18.3 Å². The van der Waals surface area contributed by atoms with Gasteiger partial charge in [0.15, 0.2) is 10.9 Å². The topological polar surface area (TPSA) is 84.1 Å². The van der Waals surface area contributed by atoms with Crippen LogP contribution in [0.5, 0.6) is 5.75 Å². The molecule has 2 heterocycles. The lowest BCUT2D eigenvalue weighted by Crippen LogP contribution is -2.13. The average Bonchev–Trinajstić information content (AvgIpc) is 3.06. The van der Waals surface area contributed by atoms with Crippen molar-refractivity contribution in [2.45, 2.75) is 20.8 Å². The van der Waals surface area contributed by atoms with Crippen molar-refractivity contribution in [3.63, 3.8) is 0 Å². The van der Waals surface area contributed by atoms with Crippen LogP contribution in [0.15, 0.2) is 18.2 Å². The third kappa shape index (κ3) is 2.78. The van der Waals surface area contributed by atoms with Gasteiger partial charge in [0, 0.05) is 11.3 Å². The van der Waals surface area contributed by atoms with Crippen molar-refractivity contribution < 1.29 is 14.3 Å². The molecule has 7 heteroatoms. The van der Waals surface area contributed by atoms with Gasteiger partial charge in [0.1, 0.15) is 11.4 Å². The number of amides is 1. The number of aromatic amines is 1. The number of ketones is 1. The third-order valence-corrected chi connectivity index (χ3v) is 4.77. The Morgan fingerprint density at radius 1 is 1.29 bits per heavy atom. The summed E-state index contributed by atoms with van der Waals surface area (Å²) >= 11 is 1.37. The number of fused-ring (bicyclic) bond motifs is 1. The lowest BCUT2D eigenvalue weighted by atomic mass is 10.1. The molecule has 0 saturated carbocycles. The van der Waals surface area contributed by atoms with Crippen molar-refractivity contribution in [1.29, 1.82) is 0 Å². The zero-order chi connectivity index (χ0) is 17.4. The second kappa shape index (κ2) is 6.09. The summed E-state index contributed by atoms with van der Waals surface area (Å²) in [6, 6.07) is 5.55. The number of methoxy groups -OCH3 is 1. The standard InChI is InChI=1S/C17H17N3O3S/c1-8-14(10(3)21)9(2)18-15(8)16(22)20-17-19-12-6-5-11(23-4)7-13(12)24-17/h5-7,18H,1-4H3,(H,19,20,22). The molecule has 0 fully saturated rings. The number of benzene rings is 1. The van der Waals surface area contributed by atoms with Gasteiger partial charge in [0.05, 0.1) is 17.3 Å². The maximum atomic E-state index is 12.5. The molecule has 0 radical (unpaired) electrons. The molecule has 24 heavy (non-hydrogen) atoms. The van der Waals surface area contributed by atoms with Crippen LogP contribution >= 0.6 is 11.3 Å². The van der Waals surface area contributed by atoms with E-state index in [2.05, 4.69) is 15.3 Å². The van der Waals surface area contributed by atoms with E-state index in [0.29, 0.717) is 27.6 Å². The largest absolute Gasteiger partial charge is 0.497 e. The second-order valence-electron chi connectivity index (χ2n) is 5.49. The maximum Gasteiger partial charge on any atom is 0.274 e. The molecule has 2 N–H and O–H groups in total. The predicted octanol–water partition coefficient (Wildman–Crippen LogP) is 3.70. The zero-order valence-electron chi connectivity index (χ0n) is 13.8. The van der Waals surface area contributed by atoms with Gasteiger partial charge in [-0.05, 0) is 44.5 Å². The number of thiazole rings is 1. The number of hydrogen-bond acceptors (Lipinski definition) is 5. The van der Waals surface area contributed by atoms with Crippen molar-refractivity contribution in [2.75, 3.05) is 12.4 Å². The summed E-state index contributed by atoms with van der Waals surface area (Å²) in [6.07, 6.45) is 0. The van der Waals surface area contributed by atoms with E-state index < -0.39 is 0 Å². The molecular formula is C17H17N3O3S. The van der Waals surface area contributed by atoms with Crippen LogP contribution in [0, 0.1) is 13.8 Å². The highest BCUT2D eigenvalue weighted by Crippen LogP contribution is 2.29. The number of rotatable bonds is 4. The summed E-state index contributed by atoms with van der Waals surface area (Å²) in [5.41, 5.74) is 3.09. The minimum atomic E-state index is -0.311. The Morgan fingerprint density at radius 3 is 2.67 bits per heavy atom. The first-order valence-electron chi connectivity index (χ1n) is 7.36. The van der Waals surface area contributed by atoms with Crippen molar-refractivity contribution in [2.24, 2.45) is 0 Å². The lowest BCUT2D eigenvalue weighted by molar-refractivity contribution is 0.101. The molecule has 1 aromatic carbocycles. The van der Waals surface area contributed by atoms with Crippen LogP contribution in [0.25, 0.3) is 10.2 Å². The Labute approximate surface area is 142 Å². The monoisotopic (exact) mass is 343 g/mol. The molecule has 0 aliphatic heterocycles. The molecule has 0 aliphatic rings. The summed E-state index contributed by atoms with van der Waals surface area (Å²) in [5.74, 6) is 0.368. The summed E-state index contributed by atoms with van der Waals surface area (Å²) in [5, 5.41) is 3.29. The van der Waals surface area contributed by atoms with E-state index in [9.17, 15) is 9.59 Å². The normalized spacial score (nSPS) is 10.8. The first kappa shape index (κ1) is 16.2. The Morgan fingerprint density at radius 2 is 2.04 bits per heavy atom. The molecule has 0 aliphatic carbocycles. The first-order valence-corrected chi connectivity index (χ1v) is 8.18. The van der Waals surface area contributed by atoms with Crippen molar-refractivity contribution >= 4 is 38.4 Å². The van der Waals surface area contributed by atoms with E-state index in [4.69, 9.17) is 4.74 Å². The highest BCUT2D eigenvalue weighted by Gasteiger charge is 2.20. The van der Waals surface area contributed by atoms with E-state index in [0.717, 1.165) is 16.0 Å². The van der Waals surface area contributed by atoms with Crippen molar-refractivity contribution in [3.8, 4) is 5.75 Å². The summed E-state index contributed by atoms with van der Waals surface area (Å²) in [4.78, 5) is 31.6. The number of aryl methyl sites for hydroxylation is 1. The third-order valence-electron chi connectivity index (χ3n) is 3.83. The number of carbonyl (C=O) groups excluding carboxylic acids is 2. The number of carbonyl (C=O) groups is 2. The number of nitrogens with one attached hydrogen (secondary N) is 2. The highest BCUT2D eigenvalue weighted by atomic mass is 32.1. The number of Topliss-reactive ketones (excluding diaryl/α,β-unsaturated/α-hetero) is 1. The fourth-order valence-electron chi connectivity index (χ4n) is 2.75. The Hall–Kier alpha value is -2.67. The van der Waals surface area contributed by atoms with Gasteiger partial charge in [-0.15, -0.1) is 0 Å².